The summed E-state index contributed by atoms with van der Waals surface area (Å²) >= 11 is 0. The molecule has 6 nitrogen and oxygen atoms in total. The lowest BCUT2D eigenvalue weighted by molar-refractivity contribution is 0.642. The Morgan fingerprint density at radius 3 is 3.00 bits per heavy atom. The second-order valence-electron chi connectivity index (χ2n) is 2.37. The Kier molecular flexibility index (Phi) is 2.52. The quantitative estimate of drug-likeness (QED) is 0.471. The number of aromatic amines is 1. The number of nitrogens with zero attached hydrogens (tertiary/aromatic N) is 4. The van der Waals surface area contributed by atoms with Gasteiger partial charge >= 0.3 is 0 Å². The number of H-pyrrole nitrogens is 1. The largest absolute Gasteiger partial charge is 0.369 e. The van der Waals surface area contributed by atoms with Gasteiger partial charge in [-0.2, -0.15) is 0 Å². The highest BCUT2D eigenvalue weighted by Gasteiger charge is 1.89. The number of hydrogen-bond acceptors (Lipinski definition) is 4. The van der Waals surface area contributed by atoms with Crippen molar-refractivity contribution >= 4 is 12.3 Å². The predicted octanol–water partition coefficient (Wildman–Crippen LogP) is -0.614. The van der Waals surface area contributed by atoms with Crippen molar-refractivity contribution in [2.75, 3.05) is 14.1 Å². The molecule has 6 heteroatoms. The Morgan fingerprint density at radius 1 is 1.67 bits per heavy atom. The highest BCUT2D eigenvalue weighted by Crippen LogP contribution is 1.92. The van der Waals surface area contributed by atoms with Gasteiger partial charge in [0, 0.05) is 14.1 Å². The lowest BCUT2D eigenvalue weighted by atomic mass is 10.8. The van der Waals surface area contributed by atoms with Crippen molar-refractivity contribution in [1.29, 1.82) is 0 Å². The van der Waals surface area contributed by atoms with Crippen LogP contribution in [-0.2, 0) is 0 Å². The molecule has 0 bridgehead atoms. The second-order valence-corrected chi connectivity index (χ2v) is 2.37. The van der Waals surface area contributed by atoms with Gasteiger partial charge in [-0.15, -0.1) is 10.2 Å². The highest BCUT2D eigenvalue weighted by atomic mass is 16.1. The highest BCUT2D eigenvalue weighted by molar-refractivity contribution is 5.57. The second kappa shape index (κ2) is 3.61. The minimum atomic E-state index is -0.309. The summed E-state index contributed by atoms with van der Waals surface area (Å²) in [6, 6.07) is 0. The fourth-order valence-electron chi connectivity index (χ4n) is 0.532. The van der Waals surface area contributed by atoms with Gasteiger partial charge in [-0.05, 0) is 0 Å². The lowest BCUT2D eigenvalue weighted by Crippen LogP contribution is -2.09. The summed E-state index contributed by atoms with van der Waals surface area (Å²) in [7, 11) is 3.63. The summed E-state index contributed by atoms with van der Waals surface area (Å²) in [6.07, 6.45) is 2.62. The first-order valence-corrected chi connectivity index (χ1v) is 3.31. The molecular weight excluding hydrogens is 158 g/mol. The van der Waals surface area contributed by atoms with Crippen molar-refractivity contribution in [2.45, 2.75) is 0 Å². The molecular formula is C6H9N5O. The number of rotatable bonds is 2. The van der Waals surface area contributed by atoms with Gasteiger partial charge in [0.15, 0.2) is 0 Å². The van der Waals surface area contributed by atoms with Crippen LogP contribution < -0.4 is 5.56 Å². The van der Waals surface area contributed by atoms with Gasteiger partial charge < -0.3 is 4.90 Å². The minimum absolute atomic E-state index is 0.205. The Balaban J connectivity index is 2.83. The average molecular weight is 167 g/mol. The van der Waals surface area contributed by atoms with Crippen LogP contribution in [0.2, 0.25) is 0 Å². The molecule has 0 spiro atoms. The van der Waals surface area contributed by atoms with Crippen molar-refractivity contribution in [3.05, 3.63) is 16.6 Å². The van der Waals surface area contributed by atoms with E-state index in [0.29, 0.717) is 0 Å². The molecule has 1 rings (SSSR count). The van der Waals surface area contributed by atoms with E-state index < -0.39 is 0 Å². The van der Waals surface area contributed by atoms with E-state index in [9.17, 15) is 4.79 Å². The Labute approximate surface area is 69.0 Å². The van der Waals surface area contributed by atoms with E-state index in [0.717, 1.165) is 6.20 Å². The molecule has 1 aromatic heterocycles. The summed E-state index contributed by atoms with van der Waals surface area (Å²) < 4.78 is 0. The van der Waals surface area contributed by atoms with Crippen LogP contribution in [0.25, 0.3) is 0 Å². The Morgan fingerprint density at radius 2 is 2.42 bits per heavy atom. The molecule has 1 N–H and O–H groups in total. The summed E-state index contributed by atoms with van der Waals surface area (Å²) in [5.74, 6) is 0.205. The van der Waals surface area contributed by atoms with E-state index in [1.54, 1.807) is 4.90 Å². The van der Waals surface area contributed by atoms with Gasteiger partial charge in [0.1, 0.15) is 6.20 Å². The summed E-state index contributed by atoms with van der Waals surface area (Å²) in [5, 5.41) is 7.02. The molecule has 12 heavy (non-hydrogen) atoms. The molecule has 0 radical (unpaired) electrons. The fraction of sp³-hybridized carbons (Fsp3) is 0.333. The van der Waals surface area contributed by atoms with Gasteiger partial charge in [0.05, 0.1) is 6.34 Å². The van der Waals surface area contributed by atoms with Crippen LogP contribution >= 0.6 is 0 Å². The molecule has 1 heterocycles. The average Bonchev–Trinajstić information content (AvgIpc) is 2.01. The van der Waals surface area contributed by atoms with E-state index in [4.69, 9.17) is 0 Å². The maximum absolute atomic E-state index is 10.7. The molecule has 0 amide bonds. The van der Waals surface area contributed by atoms with Crippen molar-refractivity contribution in [1.82, 2.24) is 20.1 Å². The van der Waals surface area contributed by atoms with Crippen LogP contribution in [0.15, 0.2) is 16.0 Å². The first-order valence-electron chi connectivity index (χ1n) is 3.31. The summed E-state index contributed by atoms with van der Waals surface area (Å²) in [5.41, 5.74) is -0.309. The topological polar surface area (TPSA) is 74.2 Å². The molecule has 0 saturated heterocycles. The lowest BCUT2D eigenvalue weighted by Gasteiger charge is -2.00. The van der Waals surface area contributed by atoms with Crippen LogP contribution in [0.4, 0.5) is 5.95 Å². The van der Waals surface area contributed by atoms with Crippen molar-refractivity contribution in [3.8, 4) is 0 Å². The number of nitrogens with one attached hydrogen (secondary N) is 1. The zero-order chi connectivity index (χ0) is 8.97. The van der Waals surface area contributed by atoms with Crippen molar-refractivity contribution in [3.63, 3.8) is 0 Å². The van der Waals surface area contributed by atoms with Crippen LogP contribution in [0, 0.1) is 0 Å². The molecule has 0 saturated carbocycles. The van der Waals surface area contributed by atoms with Crippen LogP contribution in [0.1, 0.15) is 0 Å². The van der Waals surface area contributed by atoms with Crippen LogP contribution in [-0.4, -0.2) is 40.5 Å². The van der Waals surface area contributed by atoms with Gasteiger partial charge in [0.2, 0.25) is 0 Å². The molecule has 64 valence electrons. The predicted molar refractivity (Wildman–Crippen MR) is 44.5 cm³/mol. The van der Waals surface area contributed by atoms with E-state index in [1.165, 1.54) is 6.34 Å². The number of hydrogen-bond donors (Lipinski definition) is 1. The third kappa shape index (κ3) is 2.49. The third-order valence-corrected chi connectivity index (χ3v) is 0.973. The standard InChI is InChI=1S/C6H9N5O/c1-11(2)4-7-6-9-5(12)3-8-10-6/h3-4H,1-2H3,(H,9,10,12)/b7-4+. The van der Waals surface area contributed by atoms with Gasteiger partial charge in [-0.1, -0.05) is 0 Å². The first-order chi connectivity index (χ1) is 5.68. The monoisotopic (exact) mass is 167 g/mol. The third-order valence-electron chi connectivity index (χ3n) is 0.973. The Bertz CT molecular complexity index is 329. The van der Waals surface area contributed by atoms with E-state index in [-0.39, 0.29) is 11.5 Å². The number of aliphatic imine (C=N–C) groups is 1. The van der Waals surface area contributed by atoms with Gasteiger partial charge in [-0.25, -0.2) is 4.99 Å². The molecule has 1 aromatic rings. The molecule has 0 aliphatic rings. The molecule has 0 aliphatic carbocycles. The molecule has 0 unspecified atom stereocenters. The van der Waals surface area contributed by atoms with E-state index in [1.807, 2.05) is 14.1 Å². The SMILES string of the molecule is CN(C)/C=N/c1nncc(=O)[nH]1. The first kappa shape index (κ1) is 8.38. The normalized spacial score (nSPS) is 10.5. The van der Waals surface area contributed by atoms with E-state index >= 15 is 0 Å². The molecule has 0 fully saturated rings. The van der Waals surface area contributed by atoms with Gasteiger partial charge in [0.25, 0.3) is 11.5 Å². The summed E-state index contributed by atoms with van der Waals surface area (Å²) in [6.45, 7) is 0. The minimum Gasteiger partial charge on any atom is -0.369 e. The summed E-state index contributed by atoms with van der Waals surface area (Å²) in [4.78, 5) is 18.7. The van der Waals surface area contributed by atoms with Gasteiger partial charge in [-0.3, -0.25) is 9.78 Å². The zero-order valence-corrected chi connectivity index (χ0v) is 6.85. The maximum atomic E-state index is 10.7. The van der Waals surface area contributed by atoms with E-state index in [2.05, 4.69) is 20.2 Å². The van der Waals surface area contributed by atoms with Crippen LogP contribution in [0.5, 0.6) is 0 Å². The smallest absolute Gasteiger partial charge is 0.271 e. The van der Waals surface area contributed by atoms with Crippen LogP contribution in [0.3, 0.4) is 0 Å². The number of aromatic nitrogens is 3. The molecule has 0 aliphatic heterocycles. The zero-order valence-electron chi connectivity index (χ0n) is 6.85. The van der Waals surface area contributed by atoms with Crippen molar-refractivity contribution in [2.24, 2.45) is 4.99 Å². The molecule has 0 atom stereocenters. The fourth-order valence-corrected chi connectivity index (χ4v) is 0.532. The maximum Gasteiger partial charge on any atom is 0.271 e. The van der Waals surface area contributed by atoms with Crippen molar-refractivity contribution < 1.29 is 0 Å². The molecule has 0 aromatic carbocycles. The Hall–Kier alpha value is -1.72.